The Morgan fingerprint density at radius 2 is 1.82 bits per heavy atom. The highest BCUT2D eigenvalue weighted by Crippen LogP contribution is 2.34. The molecule has 3 heterocycles. The minimum atomic E-state index is -1.02. The summed E-state index contributed by atoms with van der Waals surface area (Å²) >= 11 is 6.12. The van der Waals surface area contributed by atoms with Gasteiger partial charge in [0, 0.05) is 20.3 Å². The number of halogens is 1. The Morgan fingerprint density at radius 3 is 2.53 bits per heavy atom. The van der Waals surface area contributed by atoms with Gasteiger partial charge in [0.2, 0.25) is 0 Å². The number of nitrogens with zero attached hydrogens (tertiary/aromatic N) is 4. The van der Waals surface area contributed by atoms with Crippen molar-refractivity contribution in [1.82, 2.24) is 19.5 Å². The normalized spacial score (nSPS) is 22.2. The van der Waals surface area contributed by atoms with E-state index in [1.807, 2.05) is 0 Å². The highest BCUT2D eigenvalue weighted by atomic mass is 35.5. The summed E-state index contributed by atoms with van der Waals surface area (Å²) in [4.78, 5) is 48.4. The third-order valence-corrected chi connectivity index (χ3v) is 5.37. The fourth-order valence-corrected chi connectivity index (χ4v) is 3.91. The molecule has 1 fully saturated rings. The van der Waals surface area contributed by atoms with Gasteiger partial charge in [0.1, 0.15) is 24.6 Å². The standard InChI is InChI=1S/C22H21ClN4O7/c1-12(28)32-16-8-15(9-31-22(30)14-6-4-3-5-7-14)34-21(18(16)33-13(2)29)27-11-26-17-19(23)24-10-25-20(17)27/h3-7,10-11,15-16,18,21H,8-9H2,1-2H3/t15-,16?,18?,21?/m1/s1. The first-order valence-corrected chi connectivity index (χ1v) is 10.8. The Balaban J connectivity index is 1.63. The zero-order valence-electron chi connectivity index (χ0n) is 18.3. The predicted octanol–water partition coefficient (Wildman–Crippen LogP) is 2.49. The number of carbonyl (C=O) groups is 3. The molecule has 0 saturated carbocycles. The fourth-order valence-electron chi connectivity index (χ4n) is 3.73. The summed E-state index contributed by atoms with van der Waals surface area (Å²) in [5, 5.41) is 0.133. The molecule has 1 aliphatic rings. The molecular formula is C22H21ClN4O7. The Labute approximate surface area is 198 Å². The van der Waals surface area contributed by atoms with Crippen LogP contribution in [0.4, 0.5) is 0 Å². The topological polar surface area (TPSA) is 132 Å². The van der Waals surface area contributed by atoms with E-state index in [1.54, 1.807) is 30.3 Å². The number of ether oxygens (including phenoxy) is 4. The van der Waals surface area contributed by atoms with Crippen LogP contribution in [0.1, 0.15) is 36.9 Å². The van der Waals surface area contributed by atoms with Gasteiger partial charge in [-0.2, -0.15) is 0 Å². The van der Waals surface area contributed by atoms with Crippen molar-refractivity contribution in [3.8, 4) is 0 Å². The van der Waals surface area contributed by atoms with Gasteiger partial charge in [0.25, 0.3) is 0 Å². The number of rotatable bonds is 6. The first kappa shape index (κ1) is 23.6. The second-order valence-electron chi connectivity index (χ2n) is 7.56. The summed E-state index contributed by atoms with van der Waals surface area (Å²) < 4.78 is 24.1. The van der Waals surface area contributed by atoms with Crippen LogP contribution in [0.25, 0.3) is 11.2 Å². The van der Waals surface area contributed by atoms with Gasteiger partial charge in [-0.05, 0) is 12.1 Å². The van der Waals surface area contributed by atoms with Crippen LogP contribution in [0.5, 0.6) is 0 Å². The van der Waals surface area contributed by atoms with E-state index in [1.165, 1.54) is 31.1 Å². The van der Waals surface area contributed by atoms with E-state index in [9.17, 15) is 14.4 Å². The molecule has 3 aromatic rings. The smallest absolute Gasteiger partial charge is 0.338 e. The molecule has 4 rings (SSSR count). The van der Waals surface area contributed by atoms with Gasteiger partial charge in [-0.1, -0.05) is 29.8 Å². The minimum absolute atomic E-state index is 0.123. The number of fused-ring (bicyclic) bond motifs is 1. The van der Waals surface area contributed by atoms with E-state index >= 15 is 0 Å². The van der Waals surface area contributed by atoms with E-state index in [2.05, 4.69) is 15.0 Å². The molecule has 34 heavy (non-hydrogen) atoms. The van der Waals surface area contributed by atoms with Crippen molar-refractivity contribution in [2.45, 2.75) is 44.8 Å². The zero-order valence-corrected chi connectivity index (χ0v) is 19.0. The van der Waals surface area contributed by atoms with Gasteiger partial charge in [-0.25, -0.2) is 19.7 Å². The van der Waals surface area contributed by atoms with Crippen LogP contribution in [0.3, 0.4) is 0 Å². The van der Waals surface area contributed by atoms with Crippen LogP contribution < -0.4 is 0 Å². The van der Waals surface area contributed by atoms with Crippen molar-refractivity contribution in [2.75, 3.05) is 6.61 Å². The number of imidazole rings is 1. The average molecular weight is 489 g/mol. The number of hydrogen-bond donors (Lipinski definition) is 0. The Morgan fingerprint density at radius 1 is 1.09 bits per heavy atom. The molecule has 2 aromatic heterocycles. The van der Waals surface area contributed by atoms with Crippen LogP contribution in [0, 0.1) is 0 Å². The largest absolute Gasteiger partial charge is 0.459 e. The molecule has 0 N–H and O–H groups in total. The molecule has 0 spiro atoms. The van der Waals surface area contributed by atoms with Gasteiger partial charge >= 0.3 is 17.9 Å². The van der Waals surface area contributed by atoms with Gasteiger partial charge in [0.05, 0.1) is 18.0 Å². The molecule has 0 radical (unpaired) electrons. The first-order chi connectivity index (χ1) is 16.3. The molecule has 1 aromatic carbocycles. The quantitative estimate of drug-likeness (QED) is 0.289. The zero-order chi connectivity index (χ0) is 24.2. The summed E-state index contributed by atoms with van der Waals surface area (Å²) in [7, 11) is 0. The lowest BCUT2D eigenvalue weighted by Crippen LogP contribution is -2.50. The van der Waals surface area contributed by atoms with E-state index in [-0.39, 0.29) is 18.2 Å². The second kappa shape index (κ2) is 10.1. The van der Waals surface area contributed by atoms with Crippen molar-refractivity contribution in [3.05, 3.63) is 53.7 Å². The fraction of sp³-hybridized carbons (Fsp3) is 0.364. The van der Waals surface area contributed by atoms with Gasteiger partial charge < -0.3 is 18.9 Å². The van der Waals surface area contributed by atoms with Crippen LogP contribution in [0.2, 0.25) is 5.15 Å². The van der Waals surface area contributed by atoms with Crippen LogP contribution in [-0.4, -0.2) is 62.3 Å². The minimum Gasteiger partial charge on any atom is -0.459 e. The van der Waals surface area contributed by atoms with Crippen molar-refractivity contribution >= 4 is 40.7 Å². The Bertz CT molecular complexity index is 1200. The van der Waals surface area contributed by atoms with E-state index in [0.29, 0.717) is 16.7 Å². The van der Waals surface area contributed by atoms with Crippen molar-refractivity contribution < 1.29 is 33.3 Å². The van der Waals surface area contributed by atoms with E-state index < -0.39 is 42.4 Å². The summed E-state index contributed by atoms with van der Waals surface area (Å²) in [6, 6.07) is 8.50. The molecule has 0 bridgehead atoms. The lowest BCUT2D eigenvalue weighted by atomic mass is 10.0. The Kier molecular flexibility index (Phi) is 7.03. The number of esters is 3. The molecule has 0 aliphatic carbocycles. The maximum absolute atomic E-state index is 12.4. The first-order valence-electron chi connectivity index (χ1n) is 10.4. The van der Waals surface area contributed by atoms with Crippen LogP contribution in [0.15, 0.2) is 43.0 Å². The maximum Gasteiger partial charge on any atom is 0.338 e. The molecule has 1 aliphatic heterocycles. The second-order valence-corrected chi connectivity index (χ2v) is 7.92. The molecule has 0 amide bonds. The van der Waals surface area contributed by atoms with Gasteiger partial charge in [-0.3, -0.25) is 14.2 Å². The molecule has 3 unspecified atom stereocenters. The molecular weight excluding hydrogens is 468 g/mol. The molecule has 178 valence electrons. The lowest BCUT2D eigenvalue weighted by molar-refractivity contribution is -0.227. The SMILES string of the molecule is CC(=O)OC1C[C@H](COC(=O)c2ccccc2)OC(n2cnc3c(Cl)ncnc32)C1OC(C)=O. The molecule has 4 atom stereocenters. The molecule has 11 nitrogen and oxygen atoms in total. The summed E-state index contributed by atoms with van der Waals surface area (Å²) in [6.45, 7) is 2.36. The van der Waals surface area contributed by atoms with Gasteiger partial charge in [-0.15, -0.1) is 0 Å². The number of aromatic nitrogens is 4. The number of carbonyl (C=O) groups excluding carboxylic acids is 3. The van der Waals surface area contributed by atoms with Crippen molar-refractivity contribution in [3.63, 3.8) is 0 Å². The molecule has 1 saturated heterocycles. The lowest BCUT2D eigenvalue weighted by Gasteiger charge is -2.40. The number of hydrogen-bond acceptors (Lipinski definition) is 10. The predicted molar refractivity (Wildman–Crippen MR) is 117 cm³/mol. The van der Waals surface area contributed by atoms with E-state index in [4.69, 9.17) is 30.5 Å². The summed E-state index contributed by atoms with van der Waals surface area (Å²) in [5.74, 6) is -1.69. The highest BCUT2D eigenvalue weighted by molar-refractivity contribution is 6.33. The van der Waals surface area contributed by atoms with Crippen LogP contribution >= 0.6 is 11.6 Å². The maximum atomic E-state index is 12.4. The number of benzene rings is 1. The summed E-state index contributed by atoms with van der Waals surface area (Å²) in [5.41, 5.74) is 1.03. The summed E-state index contributed by atoms with van der Waals surface area (Å²) in [6.07, 6.45) is -0.797. The Hall–Kier alpha value is -3.57. The van der Waals surface area contributed by atoms with Crippen LogP contribution in [-0.2, 0) is 28.5 Å². The van der Waals surface area contributed by atoms with Crippen molar-refractivity contribution in [2.24, 2.45) is 0 Å². The average Bonchev–Trinajstić information content (AvgIpc) is 3.24. The monoisotopic (exact) mass is 488 g/mol. The van der Waals surface area contributed by atoms with E-state index in [0.717, 1.165) is 0 Å². The van der Waals surface area contributed by atoms with Gasteiger partial charge in [0.15, 0.2) is 23.1 Å². The van der Waals surface area contributed by atoms with Crippen molar-refractivity contribution in [1.29, 1.82) is 0 Å². The highest BCUT2D eigenvalue weighted by Gasteiger charge is 2.45. The molecule has 12 heteroatoms. The third kappa shape index (κ3) is 5.15. The third-order valence-electron chi connectivity index (χ3n) is 5.09.